The summed E-state index contributed by atoms with van der Waals surface area (Å²) in [5.41, 5.74) is 3.26. The molecule has 0 bridgehead atoms. The van der Waals surface area contributed by atoms with Crippen LogP contribution in [0, 0.1) is 6.92 Å². The molecular weight excluding hydrogens is 254 g/mol. The third-order valence-corrected chi connectivity index (χ3v) is 3.42. The molecular formula is C18H18F2. The topological polar surface area (TPSA) is 0 Å². The summed E-state index contributed by atoms with van der Waals surface area (Å²) in [5.74, 6) is -0.235. The van der Waals surface area contributed by atoms with Gasteiger partial charge in [-0.05, 0) is 37.0 Å². The smallest absolute Gasteiger partial charge is 0.174 e. The molecule has 0 spiro atoms. The summed E-state index contributed by atoms with van der Waals surface area (Å²) in [6.07, 6.45) is 0.935. The van der Waals surface area contributed by atoms with Gasteiger partial charge in [0.15, 0.2) is 0 Å². The van der Waals surface area contributed by atoms with Gasteiger partial charge in [0.1, 0.15) is 0 Å². The molecule has 0 saturated carbocycles. The molecule has 104 valence electrons. The summed E-state index contributed by atoms with van der Waals surface area (Å²) in [4.78, 5) is 0. The maximum absolute atomic E-state index is 12.6. The van der Waals surface area contributed by atoms with Crippen molar-refractivity contribution in [2.45, 2.75) is 25.7 Å². The summed E-state index contributed by atoms with van der Waals surface area (Å²) < 4.78 is 25.3. The van der Waals surface area contributed by atoms with Gasteiger partial charge in [-0.25, -0.2) is 0 Å². The van der Waals surface area contributed by atoms with Gasteiger partial charge >= 0.3 is 0 Å². The highest BCUT2D eigenvalue weighted by Crippen LogP contribution is 2.25. The average molecular weight is 272 g/mol. The Morgan fingerprint density at radius 2 is 1.65 bits per heavy atom. The van der Waals surface area contributed by atoms with Gasteiger partial charge in [-0.15, -0.1) is 0 Å². The van der Waals surface area contributed by atoms with Crippen molar-refractivity contribution in [2.75, 3.05) is 0 Å². The highest BCUT2D eigenvalue weighted by molar-refractivity contribution is 5.28. The van der Waals surface area contributed by atoms with Gasteiger partial charge in [0.2, 0.25) is 0 Å². The lowest BCUT2D eigenvalue weighted by atomic mass is 9.92. The lowest BCUT2D eigenvalue weighted by Gasteiger charge is -2.13. The Hall–Kier alpha value is -1.96. The van der Waals surface area contributed by atoms with Crippen molar-refractivity contribution in [3.8, 4) is 0 Å². The molecule has 20 heavy (non-hydrogen) atoms. The fraction of sp³-hybridized carbons (Fsp3) is 0.222. The molecule has 0 aliphatic rings. The minimum atomic E-state index is -1.61. The molecule has 0 saturated heterocycles. The van der Waals surface area contributed by atoms with Gasteiger partial charge in [0, 0.05) is 5.92 Å². The van der Waals surface area contributed by atoms with E-state index in [4.69, 9.17) is 0 Å². The van der Waals surface area contributed by atoms with Crippen LogP contribution < -0.4 is 0 Å². The van der Waals surface area contributed by atoms with Crippen LogP contribution in [0.2, 0.25) is 0 Å². The summed E-state index contributed by atoms with van der Waals surface area (Å²) in [6, 6.07) is 17.8. The van der Waals surface area contributed by atoms with Crippen molar-refractivity contribution < 1.29 is 8.78 Å². The van der Waals surface area contributed by atoms with Gasteiger partial charge in [-0.1, -0.05) is 60.2 Å². The first-order valence-electron chi connectivity index (χ1n) is 6.78. The predicted molar refractivity (Wildman–Crippen MR) is 79.0 cm³/mol. The molecule has 2 rings (SSSR count). The molecule has 0 radical (unpaired) electrons. The van der Waals surface area contributed by atoms with E-state index < -0.39 is 6.08 Å². The number of aryl methyl sites for hydroxylation is 2. The minimum Gasteiger partial charge on any atom is -0.174 e. The SMILES string of the molecule is Cc1ccc(C(C=C(F)F)CCc2ccccc2)cc1. The van der Waals surface area contributed by atoms with Crippen LogP contribution in [0.25, 0.3) is 0 Å². The zero-order chi connectivity index (χ0) is 14.4. The fourth-order valence-electron chi connectivity index (χ4n) is 2.28. The van der Waals surface area contributed by atoms with Crippen LogP contribution in [0.4, 0.5) is 8.78 Å². The number of halogens is 2. The fourth-order valence-corrected chi connectivity index (χ4v) is 2.28. The maximum Gasteiger partial charge on any atom is 0.266 e. The van der Waals surface area contributed by atoms with E-state index in [-0.39, 0.29) is 5.92 Å². The Labute approximate surface area is 118 Å². The number of hydrogen-bond acceptors (Lipinski definition) is 0. The third-order valence-electron chi connectivity index (χ3n) is 3.42. The van der Waals surface area contributed by atoms with Gasteiger partial charge < -0.3 is 0 Å². The van der Waals surface area contributed by atoms with E-state index in [1.165, 1.54) is 5.56 Å². The Bertz CT molecular complexity index is 552. The van der Waals surface area contributed by atoms with Crippen LogP contribution in [0.3, 0.4) is 0 Å². The summed E-state index contributed by atoms with van der Waals surface area (Å²) in [7, 11) is 0. The minimum absolute atomic E-state index is 0.235. The normalized spacial score (nSPS) is 11.9. The number of rotatable bonds is 5. The molecule has 2 heteroatoms. The van der Waals surface area contributed by atoms with Crippen LogP contribution in [0.1, 0.15) is 29.0 Å². The third kappa shape index (κ3) is 4.30. The molecule has 1 atom stereocenters. The van der Waals surface area contributed by atoms with E-state index >= 15 is 0 Å². The van der Waals surface area contributed by atoms with Crippen LogP contribution in [0.15, 0.2) is 66.8 Å². The zero-order valence-corrected chi connectivity index (χ0v) is 11.5. The van der Waals surface area contributed by atoms with Crippen LogP contribution >= 0.6 is 0 Å². The van der Waals surface area contributed by atoms with Crippen molar-refractivity contribution in [3.05, 3.63) is 83.4 Å². The highest BCUT2D eigenvalue weighted by atomic mass is 19.3. The number of benzene rings is 2. The monoisotopic (exact) mass is 272 g/mol. The van der Waals surface area contributed by atoms with Crippen molar-refractivity contribution in [1.29, 1.82) is 0 Å². The molecule has 0 amide bonds. The summed E-state index contributed by atoms with van der Waals surface area (Å²) in [6.45, 7) is 1.99. The molecule has 0 aliphatic heterocycles. The Morgan fingerprint density at radius 3 is 2.25 bits per heavy atom. The van der Waals surface area contributed by atoms with E-state index in [0.717, 1.165) is 23.6 Å². The molecule has 0 fully saturated rings. The summed E-state index contributed by atoms with van der Waals surface area (Å²) >= 11 is 0. The Balaban J connectivity index is 2.12. The lowest BCUT2D eigenvalue weighted by Crippen LogP contribution is -1.99. The lowest BCUT2D eigenvalue weighted by molar-refractivity contribution is 0.413. The molecule has 2 aromatic rings. The van der Waals surface area contributed by atoms with Crippen molar-refractivity contribution in [3.63, 3.8) is 0 Å². The largest absolute Gasteiger partial charge is 0.266 e. The predicted octanol–water partition coefficient (Wildman–Crippen LogP) is 5.49. The first-order chi connectivity index (χ1) is 9.65. The zero-order valence-electron chi connectivity index (χ0n) is 11.5. The molecule has 0 nitrogen and oxygen atoms in total. The quantitative estimate of drug-likeness (QED) is 0.675. The van der Waals surface area contributed by atoms with Gasteiger partial charge in [-0.2, -0.15) is 8.78 Å². The van der Waals surface area contributed by atoms with Crippen LogP contribution in [-0.2, 0) is 6.42 Å². The second kappa shape index (κ2) is 6.99. The van der Waals surface area contributed by atoms with Gasteiger partial charge in [-0.3, -0.25) is 0 Å². The number of allylic oxidation sites excluding steroid dienone is 1. The maximum atomic E-state index is 12.6. The Morgan fingerprint density at radius 1 is 1.00 bits per heavy atom. The number of hydrogen-bond donors (Lipinski definition) is 0. The van der Waals surface area contributed by atoms with Crippen LogP contribution in [-0.4, -0.2) is 0 Å². The summed E-state index contributed by atoms with van der Waals surface area (Å²) in [5, 5.41) is 0. The standard InChI is InChI=1S/C18H18F2/c1-14-7-10-16(11-8-14)17(13-18(19)20)12-9-15-5-3-2-4-6-15/h2-8,10-11,13,17H,9,12H2,1H3. The van der Waals surface area contributed by atoms with E-state index in [1.54, 1.807) is 0 Å². The molecule has 0 heterocycles. The first-order valence-corrected chi connectivity index (χ1v) is 6.78. The van der Waals surface area contributed by atoms with Crippen LogP contribution in [0.5, 0.6) is 0 Å². The van der Waals surface area contributed by atoms with Gasteiger partial charge in [0.25, 0.3) is 6.08 Å². The second-order valence-electron chi connectivity index (χ2n) is 5.00. The molecule has 0 N–H and O–H groups in total. The molecule has 0 aliphatic carbocycles. The van der Waals surface area contributed by atoms with E-state index in [9.17, 15) is 8.78 Å². The molecule has 1 unspecified atom stereocenters. The Kier molecular flexibility index (Phi) is 5.05. The molecule has 2 aromatic carbocycles. The van der Waals surface area contributed by atoms with Crippen molar-refractivity contribution in [1.82, 2.24) is 0 Å². The van der Waals surface area contributed by atoms with Gasteiger partial charge in [0.05, 0.1) is 0 Å². The van der Waals surface area contributed by atoms with E-state index in [0.29, 0.717) is 6.42 Å². The second-order valence-corrected chi connectivity index (χ2v) is 5.00. The highest BCUT2D eigenvalue weighted by Gasteiger charge is 2.11. The van der Waals surface area contributed by atoms with E-state index in [2.05, 4.69) is 0 Å². The van der Waals surface area contributed by atoms with Crippen molar-refractivity contribution >= 4 is 0 Å². The average Bonchev–Trinajstić information content (AvgIpc) is 2.45. The van der Waals surface area contributed by atoms with Crippen molar-refractivity contribution in [2.24, 2.45) is 0 Å². The molecule has 0 aromatic heterocycles. The van der Waals surface area contributed by atoms with E-state index in [1.807, 2.05) is 61.5 Å². The first kappa shape index (κ1) is 14.4.